The number of aryl methyl sites for hydroxylation is 1. The maximum Gasteiger partial charge on any atom is 0.313 e. The topological polar surface area (TPSA) is 55.1 Å². The Labute approximate surface area is 112 Å². The molecule has 1 aliphatic carbocycles. The van der Waals surface area contributed by atoms with Crippen LogP contribution in [0.2, 0.25) is 0 Å². The Hall–Kier alpha value is -0.970. The Kier molecular flexibility index (Phi) is 5.11. The van der Waals surface area contributed by atoms with Crippen molar-refractivity contribution in [2.24, 2.45) is 5.92 Å². The molecular formula is C13H20N2O2S. The van der Waals surface area contributed by atoms with Crippen molar-refractivity contribution in [2.75, 3.05) is 5.75 Å². The second-order valence-corrected chi connectivity index (χ2v) is 5.82. The van der Waals surface area contributed by atoms with Gasteiger partial charge in [0.1, 0.15) is 0 Å². The summed E-state index contributed by atoms with van der Waals surface area (Å²) in [4.78, 5) is 14.8. The Morgan fingerprint density at radius 2 is 2.22 bits per heavy atom. The lowest BCUT2D eigenvalue weighted by Gasteiger charge is -2.21. The molecule has 2 rings (SSSR count). The van der Waals surface area contributed by atoms with Crippen LogP contribution in [0.3, 0.4) is 0 Å². The van der Waals surface area contributed by atoms with Gasteiger partial charge in [0.15, 0.2) is 5.16 Å². The van der Waals surface area contributed by atoms with Crippen LogP contribution in [0.25, 0.3) is 0 Å². The first-order chi connectivity index (χ1) is 8.75. The molecule has 0 spiro atoms. The van der Waals surface area contributed by atoms with Gasteiger partial charge in [-0.1, -0.05) is 43.9 Å². The molecular weight excluding hydrogens is 248 g/mol. The molecule has 0 unspecified atom stereocenters. The Morgan fingerprint density at radius 1 is 1.44 bits per heavy atom. The van der Waals surface area contributed by atoms with E-state index in [9.17, 15) is 4.79 Å². The zero-order chi connectivity index (χ0) is 12.8. The third-order valence-corrected chi connectivity index (χ3v) is 4.49. The van der Waals surface area contributed by atoms with Gasteiger partial charge in [0, 0.05) is 18.9 Å². The van der Waals surface area contributed by atoms with E-state index in [0.29, 0.717) is 0 Å². The predicted octanol–water partition coefficient (Wildman–Crippen LogP) is 3.03. The number of imidazole rings is 1. The first kappa shape index (κ1) is 13.5. The van der Waals surface area contributed by atoms with Crippen molar-refractivity contribution in [3.05, 3.63) is 12.4 Å². The number of thioether (sulfide) groups is 1. The fourth-order valence-corrected chi connectivity index (χ4v) is 3.24. The van der Waals surface area contributed by atoms with Gasteiger partial charge in [-0.25, -0.2) is 4.98 Å². The van der Waals surface area contributed by atoms with E-state index in [-0.39, 0.29) is 5.75 Å². The molecule has 1 heterocycles. The summed E-state index contributed by atoms with van der Waals surface area (Å²) < 4.78 is 2.09. The van der Waals surface area contributed by atoms with Gasteiger partial charge in [-0.15, -0.1) is 0 Å². The van der Waals surface area contributed by atoms with E-state index in [1.807, 2.05) is 6.20 Å². The van der Waals surface area contributed by atoms with Crippen molar-refractivity contribution in [3.63, 3.8) is 0 Å². The molecule has 0 aromatic carbocycles. The number of carbonyl (C=O) groups is 1. The van der Waals surface area contributed by atoms with E-state index in [1.54, 1.807) is 6.20 Å². The fourth-order valence-electron chi connectivity index (χ4n) is 2.53. The van der Waals surface area contributed by atoms with Gasteiger partial charge < -0.3 is 9.67 Å². The number of carboxylic acids is 1. The van der Waals surface area contributed by atoms with E-state index < -0.39 is 5.97 Å². The van der Waals surface area contributed by atoms with Crippen LogP contribution < -0.4 is 0 Å². The Morgan fingerprint density at radius 3 is 2.94 bits per heavy atom. The highest BCUT2D eigenvalue weighted by Gasteiger charge is 2.14. The molecule has 0 amide bonds. The summed E-state index contributed by atoms with van der Waals surface area (Å²) >= 11 is 1.30. The third kappa shape index (κ3) is 4.05. The van der Waals surface area contributed by atoms with E-state index in [2.05, 4.69) is 9.55 Å². The molecule has 0 aliphatic heterocycles. The average Bonchev–Trinajstić information content (AvgIpc) is 2.82. The zero-order valence-corrected chi connectivity index (χ0v) is 11.4. The summed E-state index contributed by atoms with van der Waals surface area (Å²) in [7, 11) is 0. The number of nitrogens with zero attached hydrogens (tertiary/aromatic N) is 2. The summed E-state index contributed by atoms with van der Waals surface area (Å²) in [6.45, 7) is 0.965. The van der Waals surface area contributed by atoms with Crippen molar-refractivity contribution >= 4 is 17.7 Å². The maximum atomic E-state index is 10.6. The van der Waals surface area contributed by atoms with E-state index in [1.165, 1.54) is 50.3 Å². The normalized spacial score (nSPS) is 16.9. The van der Waals surface area contributed by atoms with E-state index in [0.717, 1.165) is 17.6 Å². The maximum absolute atomic E-state index is 10.6. The molecule has 0 saturated heterocycles. The highest BCUT2D eigenvalue weighted by atomic mass is 32.2. The van der Waals surface area contributed by atoms with E-state index in [4.69, 9.17) is 5.11 Å². The Bertz CT molecular complexity index is 386. The van der Waals surface area contributed by atoms with Gasteiger partial charge in [0.2, 0.25) is 0 Å². The lowest BCUT2D eigenvalue weighted by molar-refractivity contribution is -0.133. The van der Waals surface area contributed by atoms with E-state index >= 15 is 0 Å². The van der Waals surface area contributed by atoms with Crippen molar-refractivity contribution in [3.8, 4) is 0 Å². The fraction of sp³-hybridized carbons (Fsp3) is 0.692. The van der Waals surface area contributed by atoms with Gasteiger partial charge >= 0.3 is 5.97 Å². The smallest absolute Gasteiger partial charge is 0.313 e. The van der Waals surface area contributed by atoms with Gasteiger partial charge in [0.25, 0.3) is 0 Å². The largest absolute Gasteiger partial charge is 0.481 e. The predicted molar refractivity (Wildman–Crippen MR) is 71.8 cm³/mol. The van der Waals surface area contributed by atoms with Crippen LogP contribution in [-0.2, 0) is 11.3 Å². The lowest BCUT2D eigenvalue weighted by atomic mass is 9.87. The van der Waals surface area contributed by atoms with Crippen LogP contribution in [-0.4, -0.2) is 26.4 Å². The molecule has 1 aromatic rings. The monoisotopic (exact) mass is 268 g/mol. The molecule has 0 atom stereocenters. The number of carboxylic acid groups (broad SMARTS) is 1. The number of hydrogen-bond donors (Lipinski definition) is 1. The zero-order valence-electron chi connectivity index (χ0n) is 10.5. The minimum Gasteiger partial charge on any atom is -0.481 e. The van der Waals surface area contributed by atoms with Crippen molar-refractivity contribution in [2.45, 2.75) is 50.2 Å². The molecule has 1 aliphatic rings. The number of rotatable bonds is 6. The summed E-state index contributed by atoms with van der Waals surface area (Å²) in [5.41, 5.74) is 0. The van der Waals surface area contributed by atoms with Crippen LogP contribution in [0.1, 0.15) is 38.5 Å². The van der Waals surface area contributed by atoms with Crippen LogP contribution in [0.4, 0.5) is 0 Å². The molecule has 0 bridgehead atoms. The molecule has 18 heavy (non-hydrogen) atoms. The summed E-state index contributed by atoms with van der Waals surface area (Å²) in [5.74, 6) is 0.140. The summed E-state index contributed by atoms with van der Waals surface area (Å²) in [6, 6.07) is 0. The molecule has 5 heteroatoms. The molecule has 1 N–H and O–H groups in total. The van der Waals surface area contributed by atoms with Gasteiger partial charge in [0.05, 0.1) is 5.75 Å². The SMILES string of the molecule is O=C(O)CSc1nccn1CCC1CCCCC1. The minimum absolute atomic E-state index is 0.0838. The van der Waals surface area contributed by atoms with Crippen molar-refractivity contribution in [1.82, 2.24) is 9.55 Å². The lowest BCUT2D eigenvalue weighted by Crippen LogP contribution is -2.10. The van der Waals surface area contributed by atoms with Gasteiger partial charge in [-0.3, -0.25) is 4.79 Å². The highest BCUT2D eigenvalue weighted by molar-refractivity contribution is 7.99. The molecule has 0 radical (unpaired) electrons. The summed E-state index contributed by atoms with van der Waals surface area (Å²) in [6.07, 6.45) is 11.7. The number of aromatic nitrogens is 2. The van der Waals surface area contributed by atoms with Crippen molar-refractivity contribution < 1.29 is 9.90 Å². The highest BCUT2D eigenvalue weighted by Crippen LogP contribution is 2.27. The number of aliphatic carboxylic acids is 1. The first-order valence-corrected chi connectivity index (χ1v) is 7.60. The van der Waals surface area contributed by atoms with Crippen LogP contribution in [0, 0.1) is 5.92 Å². The molecule has 4 nitrogen and oxygen atoms in total. The average molecular weight is 268 g/mol. The first-order valence-electron chi connectivity index (χ1n) is 6.61. The van der Waals surface area contributed by atoms with Crippen LogP contribution >= 0.6 is 11.8 Å². The molecule has 100 valence electrons. The second kappa shape index (κ2) is 6.83. The number of hydrogen-bond acceptors (Lipinski definition) is 3. The summed E-state index contributed by atoms with van der Waals surface area (Å²) in [5, 5.41) is 9.51. The van der Waals surface area contributed by atoms with Crippen LogP contribution in [0.15, 0.2) is 17.6 Å². The van der Waals surface area contributed by atoms with Crippen LogP contribution in [0.5, 0.6) is 0 Å². The molecule has 1 saturated carbocycles. The standard InChI is InChI=1S/C13H20N2O2S/c16-12(17)10-18-13-14-7-9-15(13)8-6-11-4-2-1-3-5-11/h7,9,11H,1-6,8,10H2,(H,16,17). The molecule has 1 fully saturated rings. The van der Waals surface area contributed by atoms with Gasteiger partial charge in [-0.2, -0.15) is 0 Å². The third-order valence-electron chi connectivity index (χ3n) is 3.51. The quantitative estimate of drug-likeness (QED) is 0.806. The second-order valence-electron chi connectivity index (χ2n) is 4.88. The minimum atomic E-state index is -0.790. The van der Waals surface area contributed by atoms with Gasteiger partial charge in [-0.05, 0) is 12.3 Å². The Balaban J connectivity index is 1.81. The van der Waals surface area contributed by atoms with Crippen molar-refractivity contribution in [1.29, 1.82) is 0 Å². The molecule has 1 aromatic heterocycles.